The Bertz CT molecular complexity index is 552. The summed E-state index contributed by atoms with van der Waals surface area (Å²) in [5.41, 5.74) is 0.0848. The SMILES string of the molecule is COC1(CNC(=O)Nc2ccc(I)cc2C(=O)O)CCC1. The maximum absolute atomic E-state index is 11.9. The van der Waals surface area contributed by atoms with E-state index < -0.39 is 12.0 Å². The van der Waals surface area contributed by atoms with Gasteiger partial charge in [0, 0.05) is 17.2 Å². The molecule has 1 aromatic rings. The van der Waals surface area contributed by atoms with E-state index in [-0.39, 0.29) is 16.9 Å². The smallest absolute Gasteiger partial charge is 0.337 e. The highest BCUT2D eigenvalue weighted by atomic mass is 127. The zero-order valence-electron chi connectivity index (χ0n) is 11.6. The van der Waals surface area contributed by atoms with E-state index in [0.717, 1.165) is 22.8 Å². The number of carboxylic acids is 1. The number of aromatic carboxylic acids is 1. The molecule has 0 aromatic heterocycles. The van der Waals surface area contributed by atoms with E-state index in [9.17, 15) is 9.59 Å². The zero-order chi connectivity index (χ0) is 15.5. The first-order valence-electron chi connectivity index (χ1n) is 6.59. The zero-order valence-corrected chi connectivity index (χ0v) is 13.8. The number of anilines is 1. The molecule has 114 valence electrons. The number of urea groups is 1. The highest BCUT2D eigenvalue weighted by Crippen LogP contribution is 2.34. The van der Waals surface area contributed by atoms with E-state index in [4.69, 9.17) is 9.84 Å². The lowest BCUT2D eigenvalue weighted by molar-refractivity contribution is -0.0671. The van der Waals surface area contributed by atoms with Gasteiger partial charge in [-0.2, -0.15) is 0 Å². The normalized spacial score (nSPS) is 15.9. The fraction of sp³-hybridized carbons (Fsp3) is 0.429. The van der Waals surface area contributed by atoms with E-state index in [1.807, 2.05) is 22.6 Å². The fourth-order valence-corrected chi connectivity index (χ4v) is 2.73. The molecule has 0 bridgehead atoms. The Balaban J connectivity index is 1.98. The van der Waals surface area contributed by atoms with Crippen molar-refractivity contribution < 1.29 is 19.4 Å². The number of halogens is 1. The van der Waals surface area contributed by atoms with Crippen molar-refractivity contribution in [3.05, 3.63) is 27.3 Å². The molecule has 1 aromatic carbocycles. The molecular formula is C14H17IN2O4. The van der Waals surface area contributed by atoms with Gasteiger partial charge in [-0.1, -0.05) is 0 Å². The molecule has 6 nitrogen and oxygen atoms in total. The lowest BCUT2D eigenvalue weighted by Gasteiger charge is -2.40. The summed E-state index contributed by atoms with van der Waals surface area (Å²) < 4.78 is 6.21. The molecule has 1 aliphatic carbocycles. The number of benzene rings is 1. The Morgan fingerprint density at radius 1 is 1.43 bits per heavy atom. The molecule has 2 amide bonds. The molecule has 21 heavy (non-hydrogen) atoms. The van der Waals surface area contributed by atoms with E-state index in [2.05, 4.69) is 10.6 Å². The molecule has 1 fully saturated rings. The molecule has 0 saturated heterocycles. The van der Waals surface area contributed by atoms with Crippen LogP contribution in [-0.4, -0.2) is 36.4 Å². The standard InChI is InChI=1S/C14H17IN2O4/c1-21-14(5-2-6-14)8-16-13(20)17-11-4-3-9(15)7-10(11)12(18)19/h3-4,7H,2,5-6,8H2,1H3,(H,18,19)(H2,16,17,20). The summed E-state index contributed by atoms with van der Waals surface area (Å²) in [6.07, 6.45) is 2.94. The third kappa shape index (κ3) is 3.85. The van der Waals surface area contributed by atoms with Crippen molar-refractivity contribution >= 4 is 40.3 Å². The van der Waals surface area contributed by atoms with Crippen molar-refractivity contribution in [3.8, 4) is 0 Å². The third-order valence-corrected chi connectivity index (χ3v) is 4.40. The van der Waals surface area contributed by atoms with Crippen molar-refractivity contribution in [2.75, 3.05) is 19.0 Å². The van der Waals surface area contributed by atoms with Gasteiger partial charge in [0.15, 0.2) is 0 Å². The van der Waals surface area contributed by atoms with Crippen LogP contribution < -0.4 is 10.6 Å². The number of amides is 2. The van der Waals surface area contributed by atoms with Crippen molar-refractivity contribution in [3.63, 3.8) is 0 Å². The minimum Gasteiger partial charge on any atom is -0.478 e. The molecular weight excluding hydrogens is 387 g/mol. The van der Waals surface area contributed by atoms with Crippen molar-refractivity contribution in [2.45, 2.75) is 24.9 Å². The number of hydrogen-bond donors (Lipinski definition) is 3. The van der Waals surface area contributed by atoms with Gasteiger partial charge in [0.2, 0.25) is 0 Å². The fourth-order valence-electron chi connectivity index (χ4n) is 2.23. The van der Waals surface area contributed by atoms with E-state index in [1.54, 1.807) is 19.2 Å². The molecule has 0 spiro atoms. The average Bonchev–Trinajstić information content (AvgIpc) is 2.40. The molecule has 1 aliphatic rings. The Morgan fingerprint density at radius 3 is 2.67 bits per heavy atom. The first-order chi connectivity index (χ1) is 9.96. The molecule has 2 rings (SSSR count). The third-order valence-electron chi connectivity index (χ3n) is 3.73. The van der Waals surface area contributed by atoms with Crippen LogP contribution >= 0.6 is 22.6 Å². The van der Waals surface area contributed by atoms with Crippen LogP contribution in [0.4, 0.5) is 10.5 Å². The summed E-state index contributed by atoms with van der Waals surface area (Å²) in [6, 6.07) is 4.41. The summed E-state index contributed by atoms with van der Waals surface area (Å²) in [5, 5.41) is 14.5. The van der Waals surface area contributed by atoms with Crippen LogP contribution in [0.1, 0.15) is 29.6 Å². The molecule has 0 heterocycles. The highest BCUT2D eigenvalue weighted by molar-refractivity contribution is 14.1. The Labute approximate surface area is 136 Å². The largest absolute Gasteiger partial charge is 0.478 e. The molecule has 3 N–H and O–H groups in total. The molecule has 0 aliphatic heterocycles. The number of nitrogens with one attached hydrogen (secondary N) is 2. The van der Waals surface area contributed by atoms with Crippen LogP contribution in [0, 0.1) is 3.57 Å². The Morgan fingerprint density at radius 2 is 2.14 bits per heavy atom. The second-order valence-electron chi connectivity index (χ2n) is 5.04. The van der Waals surface area contributed by atoms with Gasteiger partial charge in [-0.15, -0.1) is 0 Å². The van der Waals surface area contributed by atoms with E-state index in [1.165, 1.54) is 6.07 Å². The summed E-state index contributed by atoms with van der Waals surface area (Å²) >= 11 is 2.03. The van der Waals surface area contributed by atoms with Gasteiger partial charge < -0.3 is 20.5 Å². The van der Waals surface area contributed by atoms with Crippen molar-refractivity contribution in [1.29, 1.82) is 0 Å². The predicted octanol–water partition coefficient (Wildman–Crippen LogP) is 2.68. The quantitative estimate of drug-likeness (QED) is 0.659. The van der Waals surface area contributed by atoms with Gasteiger partial charge in [-0.05, 0) is 60.1 Å². The molecule has 0 unspecified atom stereocenters. The second kappa shape index (κ2) is 6.61. The first-order valence-corrected chi connectivity index (χ1v) is 7.66. The summed E-state index contributed by atoms with van der Waals surface area (Å²) in [5.74, 6) is -1.07. The lowest BCUT2D eigenvalue weighted by atomic mass is 9.80. The molecule has 0 atom stereocenters. The van der Waals surface area contributed by atoms with Crippen LogP contribution in [0.5, 0.6) is 0 Å². The molecule has 0 radical (unpaired) electrons. The molecule has 1 saturated carbocycles. The van der Waals surface area contributed by atoms with Gasteiger partial charge >= 0.3 is 12.0 Å². The second-order valence-corrected chi connectivity index (χ2v) is 6.29. The topological polar surface area (TPSA) is 87.7 Å². The van der Waals surface area contributed by atoms with Crippen LogP contribution in [0.25, 0.3) is 0 Å². The summed E-state index contributed by atoms with van der Waals surface area (Å²) in [4.78, 5) is 23.1. The number of carbonyl (C=O) groups excluding carboxylic acids is 1. The molecule has 7 heteroatoms. The van der Waals surface area contributed by atoms with Crippen LogP contribution in [0.3, 0.4) is 0 Å². The van der Waals surface area contributed by atoms with Gasteiger partial charge in [0.05, 0.1) is 16.9 Å². The van der Waals surface area contributed by atoms with Crippen LogP contribution in [0.15, 0.2) is 18.2 Å². The number of methoxy groups -OCH3 is 1. The Kier molecular flexibility index (Phi) is 5.04. The lowest BCUT2D eigenvalue weighted by Crippen LogP contribution is -2.50. The summed E-state index contributed by atoms with van der Waals surface area (Å²) in [6.45, 7) is 0.419. The van der Waals surface area contributed by atoms with E-state index >= 15 is 0 Å². The number of rotatable bonds is 5. The number of ether oxygens (including phenoxy) is 1. The van der Waals surface area contributed by atoms with Gasteiger partial charge in [0.25, 0.3) is 0 Å². The van der Waals surface area contributed by atoms with Crippen LogP contribution in [0.2, 0.25) is 0 Å². The van der Waals surface area contributed by atoms with Gasteiger partial charge in [-0.3, -0.25) is 0 Å². The number of carbonyl (C=O) groups is 2. The highest BCUT2D eigenvalue weighted by Gasteiger charge is 2.37. The van der Waals surface area contributed by atoms with E-state index in [0.29, 0.717) is 6.54 Å². The monoisotopic (exact) mass is 404 g/mol. The Hall–Kier alpha value is -1.35. The minimum absolute atomic E-state index is 0.0714. The van der Waals surface area contributed by atoms with Gasteiger partial charge in [-0.25, -0.2) is 9.59 Å². The van der Waals surface area contributed by atoms with Crippen molar-refractivity contribution in [1.82, 2.24) is 5.32 Å². The van der Waals surface area contributed by atoms with Crippen molar-refractivity contribution in [2.24, 2.45) is 0 Å². The maximum atomic E-state index is 11.9. The van der Waals surface area contributed by atoms with Crippen LogP contribution in [-0.2, 0) is 4.74 Å². The maximum Gasteiger partial charge on any atom is 0.337 e. The summed E-state index contributed by atoms with van der Waals surface area (Å²) in [7, 11) is 1.64. The first kappa shape index (κ1) is 16.0. The average molecular weight is 404 g/mol. The minimum atomic E-state index is -1.07. The predicted molar refractivity (Wildman–Crippen MR) is 86.7 cm³/mol. The number of carboxylic acid groups (broad SMARTS) is 1. The van der Waals surface area contributed by atoms with Gasteiger partial charge in [0.1, 0.15) is 0 Å². The number of hydrogen-bond acceptors (Lipinski definition) is 3.